The van der Waals surface area contributed by atoms with Crippen molar-refractivity contribution in [2.45, 2.75) is 19.8 Å². The van der Waals surface area contributed by atoms with E-state index < -0.39 is 0 Å². The van der Waals surface area contributed by atoms with Crippen LogP contribution in [0.15, 0.2) is 30.3 Å². The molecule has 0 bridgehead atoms. The fourth-order valence-corrected chi connectivity index (χ4v) is 3.28. The van der Waals surface area contributed by atoms with E-state index in [0.717, 1.165) is 51.6 Å². The van der Waals surface area contributed by atoms with E-state index in [1.165, 1.54) is 0 Å². The van der Waals surface area contributed by atoms with Crippen LogP contribution in [0.4, 0.5) is 0 Å². The highest BCUT2D eigenvalue weighted by Crippen LogP contribution is 2.30. The third kappa shape index (κ3) is 3.09. The van der Waals surface area contributed by atoms with Crippen LogP contribution in [-0.2, 0) is 6.42 Å². The van der Waals surface area contributed by atoms with Crippen molar-refractivity contribution >= 4 is 22.2 Å². The Balaban J connectivity index is 1.97. The van der Waals surface area contributed by atoms with Crippen LogP contribution < -0.4 is 5.32 Å². The zero-order valence-corrected chi connectivity index (χ0v) is 13.1. The van der Waals surface area contributed by atoms with E-state index >= 15 is 0 Å². The van der Waals surface area contributed by atoms with Gasteiger partial charge in [0.05, 0.1) is 5.52 Å². The van der Waals surface area contributed by atoms with Crippen LogP contribution in [0.5, 0.6) is 0 Å². The van der Waals surface area contributed by atoms with Gasteiger partial charge in [0.1, 0.15) is 10.0 Å². The Morgan fingerprint density at radius 1 is 1.19 bits per heavy atom. The second kappa shape index (κ2) is 6.28. The molecule has 5 heteroatoms. The van der Waals surface area contributed by atoms with Crippen LogP contribution in [-0.4, -0.2) is 28.8 Å². The molecule has 0 amide bonds. The topological polar surface area (TPSA) is 50.7 Å². The molecule has 0 fully saturated rings. The molecule has 2 heterocycles. The third-order valence-corrected chi connectivity index (χ3v) is 4.38. The lowest BCUT2D eigenvalue weighted by molar-refractivity contribution is 0.718. The molecule has 21 heavy (non-hydrogen) atoms. The second-order valence-electron chi connectivity index (χ2n) is 5.04. The lowest BCUT2D eigenvalue weighted by atomic mass is 10.1. The Morgan fingerprint density at radius 3 is 2.90 bits per heavy atom. The van der Waals surface area contributed by atoms with Gasteiger partial charge in [0.25, 0.3) is 0 Å². The highest BCUT2D eigenvalue weighted by Gasteiger charge is 2.11. The molecule has 0 unspecified atom stereocenters. The van der Waals surface area contributed by atoms with E-state index in [1.54, 1.807) is 11.3 Å². The van der Waals surface area contributed by atoms with Crippen LogP contribution in [0.1, 0.15) is 17.1 Å². The molecule has 0 aliphatic carbocycles. The highest BCUT2D eigenvalue weighted by atomic mass is 32.1. The van der Waals surface area contributed by atoms with E-state index in [2.05, 4.69) is 32.6 Å². The highest BCUT2D eigenvalue weighted by molar-refractivity contribution is 7.14. The monoisotopic (exact) mass is 298 g/mol. The van der Waals surface area contributed by atoms with E-state index in [4.69, 9.17) is 0 Å². The average molecular weight is 298 g/mol. The van der Waals surface area contributed by atoms with E-state index in [9.17, 15) is 0 Å². The van der Waals surface area contributed by atoms with Crippen molar-refractivity contribution in [1.29, 1.82) is 0 Å². The Bertz CT molecular complexity index is 751. The van der Waals surface area contributed by atoms with Gasteiger partial charge in [0, 0.05) is 23.1 Å². The maximum Gasteiger partial charge on any atom is 0.148 e. The number of aromatic nitrogens is 3. The minimum absolute atomic E-state index is 0.973. The molecule has 108 valence electrons. The van der Waals surface area contributed by atoms with Gasteiger partial charge in [-0.15, -0.1) is 10.2 Å². The van der Waals surface area contributed by atoms with Crippen LogP contribution in [0.2, 0.25) is 0 Å². The number of hydrogen-bond donors (Lipinski definition) is 1. The van der Waals surface area contributed by atoms with Gasteiger partial charge in [-0.2, -0.15) is 0 Å². The lowest BCUT2D eigenvalue weighted by Gasteiger charge is -2.04. The average Bonchev–Trinajstić information content (AvgIpc) is 2.95. The van der Waals surface area contributed by atoms with Gasteiger partial charge in [-0.05, 0) is 39.1 Å². The molecule has 0 saturated heterocycles. The number of pyridine rings is 1. The Labute approximate surface area is 128 Å². The van der Waals surface area contributed by atoms with Gasteiger partial charge in [-0.3, -0.25) is 4.98 Å². The Morgan fingerprint density at radius 2 is 2.05 bits per heavy atom. The van der Waals surface area contributed by atoms with Gasteiger partial charge in [0.2, 0.25) is 0 Å². The van der Waals surface area contributed by atoms with Crippen LogP contribution in [0, 0.1) is 6.92 Å². The summed E-state index contributed by atoms with van der Waals surface area (Å²) in [7, 11) is 1.97. The van der Waals surface area contributed by atoms with Crippen LogP contribution >= 0.6 is 11.3 Å². The molecular formula is C16H18N4S. The van der Waals surface area contributed by atoms with Gasteiger partial charge in [-0.25, -0.2) is 0 Å². The number of nitrogens with zero attached hydrogens (tertiary/aromatic N) is 3. The van der Waals surface area contributed by atoms with Gasteiger partial charge in [0.15, 0.2) is 0 Å². The zero-order valence-electron chi connectivity index (χ0n) is 12.3. The first-order valence-corrected chi connectivity index (χ1v) is 7.93. The first-order chi connectivity index (χ1) is 10.3. The number of hydrogen-bond acceptors (Lipinski definition) is 5. The van der Waals surface area contributed by atoms with Crippen molar-refractivity contribution in [3.63, 3.8) is 0 Å². The first kappa shape index (κ1) is 14.1. The summed E-state index contributed by atoms with van der Waals surface area (Å²) in [6.07, 6.45) is 2.06. The number of para-hydroxylation sites is 1. The van der Waals surface area contributed by atoms with Crippen molar-refractivity contribution in [3.05, 3.63) is 41.0 Å². The summed E-state index contributed by atoms with van der Waals surface area (Å²) in [5.41, 5.74) is 3.16. The molecular weight excluding hydrogens is 280 g/mol. The smallest absolute Gasteiger partial charge is 0.148 e. The molecule has 3 aromatic rings. The standard InChI is InChI=1S/C16H18N4S/c1-11-10-13(12-6-3-4-7-14(12)18-11)16-20-19-15(21-16)8-5-9-17-2/h3-4,6-7,10,17H,5,8-9H2,1-2H3. The van der Waals surface area contributed by atoms with Crippen molar-refractivity contribution in [1.82, 2.24) is 20.5 Å². The molecule has 4 nitrogen and oxygen atoms in total. The van der Waals surface area contributed by atoms with Crippen LogP contribution in [0.3, 0.4) is 0 Å². The zero-order chi connectivity index (χ0) is 14.7. The summed E-state index contributed by atoms with van der Waals surface area (Å²) < 4.78 is 0. The molecule has 0 aliphatic heterocycles. The SMILES string of the molecule is CNCCCc1nnc(-c2cc(C)nc3ccccc23)s1. The number of rotatable bonds is 5. The Kier molecular flexibility index (Phi) is 4.22. The normalized spacial score (nSPS) is 11.1. The number of aryl methyl sites for hydroxylation is 2. The van der Waals surface area contributed by atoms with Crippen molar-refractivity contribution in [2.75, 3.05) is 13.6 Å². The summed E-state index contributed by atoms with van der Waals surface area (Å²) in [6, 6.07) is 10.3. The molecule has 0 saturated carbocycles. The first-order valence-electron chi connectivity index (χ1n) is 7.11. The number of benzene rings is 1. The van der Waals surface area contributed by atoms with Crippen molar-refractivity contribution in [2.24, 2.45) is 0 Å². The molecule has 0 radical (unpaired) electrons. The number of fused-ring (bicyclic) bond motifs is 1. The molecule has 0 aliphatic rings. The second-order valence-corrected chi connectivity index (χ2v) is 6.10. The van der Waals surface area contributed by atoms with Gasteiger partial charge >= 0.3 is 0 Å². The summed E-state index contributed by atoms with van der Waals surface area (Å²) in [5, 5.41) is 15.1. The van der Waals surface area contributed by atoms with E-state index in [0.29, 0.717) is 0 Å². The van der Waals surface area contributed by atoms with Crippen molar-refractivity contribution < 1.29 is 0 Å². The molecule has 1 aromatic carbocycles. The Hall–Kier alpha value is -1.85. The minimum atomic E-state index is 0.973. The quantitative estimate of drug-likeness (QED) is 0.735. The molecule has 2 aromatic heterocycles. The summed E-state index contributed by atoms with van der Waals surface area (Å²) in [5.74, 6) is 0. The van der Waals surface area contributed by atoms with E-state index in [1.807, 2.05) is 32.2 Å². The molecule has 0 atom stereocenters. The maximum absolute atomic E-state index is 4.58. The molecule has 1 N–H and O–H groups in total. The minimum Gasteiger partial charge on any atom is -0.320 e. The lowest BCUT2D eigenvalue weighted by Crippen LogP contribution is -2.08. The summed E-state index contributed by atoms with van der Waals surface area (Å²) in [4.78, 5) is 4.58. The summed E-state index contributed by atoms with van der Waals surface area (Å²) in [6.45, 7) is 3.02. The summed E-state index contributed by atoms with van der Waals surface area (Å²) >= 11 is 1.68. The predicted molar refractivity (Wildman–Crippen MR) is 87.6 cm³/mol. The molecule has 0 spiro atoms. The van der Waals surface area contributed by atoms with E-state index in [-0.39, 0.29) is 0 Å². The fraction of sp³-hybridized carbons (Fsp3) is 0.312. The predicted octanol–water partition coefficient (Wildman–Crippen LogP) is 3.21. The maximum atomic E-state index is 4.58. The number of nitrogens with one attached hydrogen (secondary N) is 1. The molecule has 3 rings (SSSR count). The largest absolute Gasteiger partial charge is 0.320 e. The van der Waals surface area contributed by atoms with Crippen molar-refractivity contribution in [3.8, 4) is 10.6 Å². The van der Waals surface area contributed by atoms with Gasteiger partial charge in [-0.1, -0.05) is 29.5 Å². The fourth-order valence-electron chi connectivity index (χ4n) is 2.36. The third-order valence-electron chi connectivity index (χ3n) is 3.36. The van der Waals surface area contributed by atoms with Crippen LogP contribution in [0.25, 0.3) is 21.5 Å². The van der Waals surface area contributed by atoms with Gasteiger partial charge < -0.3 is 5.32 Å².